The Labute approximate surface area is 115 Å². The number of furan rings is 1. The van der Waals surface area contributed by atoms with Crippen LogP contribution in [0.15, 0.2) is 28.7 Å². The summed E-state index contributed by atoms with van der Waals surface area (Å²) in [7, 11) is 0. The first-order valence-electron chi connectivity index (χ1n) is 6.17. The molecule has 1 unspecified atom stereocenters. The molecule has 3 N–H and O–H groups in total. The van der Waals surface area contributed by atoms with Crippen LogP contribution in [0.25, 0.3) is 11.0 Å². The van der Waals surface area contributed by atoms with Crippen LogP contribution >= 0.6 is 0 Å². The summed E-state index contributed by atoms with van der Waals surface area (Å²) in [6.45, 7) is 1.42. The number of para-hydroxylation sites is 1. The molecule has 2 aromatic rings. The molecular formula is C14H15NO5. The van der Waals surface area contributed by atoms with Gasteiger partial charge in [-0.05, 0) is 13.0 Å². The molecule has 20 heavy (non-hydrogen) atoms. The van der Waals surface area contributed by atoms with E-state index in [9.17, 15) is 9.59 Å². The third kappa shape index (κ3) is 2.65. The minimum absolute atomic E-state index is 0.0552. The monoisotopic (exact) mass is 277 g/mol. The van der Waals surface area contributed by atoms with E-state index in [0.29, 0.717) is 11.1 Å². The number of aliphatic hydroxyl groups is 1. The number of fused-ring (bicyclic) bond motifs is 1. The zero-order valence-electron chi connectivity index (χ0n) is 10.9. The number of rotatable bonds is 5. The number of aliphatic hydroxyl groups excluding tert-OH is 1. The molecule has 106 valence electrons. The number of aliphatic carboxylic acids is 1. The van der Waals surface area contributed by atoms with Gasteiger partial charge in [-0.1, -0.05) is 18.2 Å². The van der Waals surface area contributed by atoms with Crippen LogP contribution in [-0.4, -0.2) is 34.7 Å². The van der Waals surface area contributed by atoms with Gasteiger partial charge in [0.25, 0.3) is 5.91 Å². The topological polar surface area (TPSA) is 99.8 Å². The maximum absolute atomic E-state index is 12.1. The van der Waals surface area contributed by atoms with Crippen LogP contribution in [0, 0.1) is 6.92 Å². The van der Waals surface area contributed by atoms with Gasteiger partial charge in [-0.3, -0.25) is 4.79 Å². The SMILES string of the molecule is Cc1c(C(=O)NC(CCO)C(=O)O)oc2ccccc12. The highest BCUT2D eigenvalue weighted by molar-refractivity contribution is 6.00. The molecule has 0 saturated carbocycles. The average molecular weight is 277 g/mol. The predicted molar refractivity (Wildman–Crippen MR) is 71.5 cm³/mol. The van der Waals surface area contributed by atoms with E-state index in [1.807, 2.05) is 12.1 Å². The van der Waals surface area contributed by atoms with Gasteiger partial charge in [0.1, 0.15) is 11.6 Å². The second kappa shape index (κ2) is 5.75. The summed E-state index contributed by atoms with van der Waals surface area (Å²) < 4.78 is 5.45. The highest BCUT2D eigenvalue weighted by Gasteiger charge is 2.24. The van der Waals surface area contributed by atoms with Crippen molar-refractivity contribution < 1.29 is 24.2 Å². The Morgan fingerprint density at radius 3 is 2.65 bits per heavy atom. The predicted octanol–water partition coefficient (Wildman–Crippen LogP) is 1.31. The van der Waals surface area contributed by atoms with E-state index in [0.717, 1.165) is 5.39 Å². The summed E-state index contributed by atoms with van der Waals surface area (Å²) in [6, 6.07) is 6.05. The quantitative estimate of drug-likeness (QED) is 0.765. The molecule has 0 spiro atoms. The maximum Gasteiger partial charge on any atom is 0.326 e. The highest BCUT2D eigenvalue weighted by Crippen LogP contribution is 2.24. The van der Waals surface area contributed by atoms with Gasteiger partial charge in [0.15, 0.2) is 5.76 Å². The summed E-state index contributed by atoms with van der Waals surface area (Å²) in [6.07, 6.45) is -0.0552. The Kier molecular flexibility index (Phi) is 4.05. The van der Waals surface area contributed by atoms with Crippen molar-refractivity contribution in [2.45, 2.75) is 19.4 Å². The molecule has 1 heterocycles. The number of carbonyl (C=O) groups excluding carboxylic acids is 1. The summed E-state index contributed by atoms with van der Waals surface area (Å²) in [5.41, 5.74) is 1.23. The molecule has 1 atom stereocenters. The fourth-order valence-electron chi connectivity index (χ4n) is 2.00. The van der Waals surface area contributed by atoms with E-state index in [1.165, 1.54) is 0 Å². The van der Waals surface area contributed by atoms with E-state index >= 15 is 0 Å². The van der Waals surface area contributed by atoms with E-state index in [2.05, 4.69) is 5.32 Å². The fourth-order valence-corrected chi connectivity index (χ4v) is 2.00. The van der Waals surface area contributed by atoms with Crippen LogP contribution in [0.5, 0.6) is 0 Å². The van der Waals surface area contributed by atoms with Crippen LogP contribution in [0.4, 0.5) is 0 Å². The minimum atomic E-state index is -1.19. The number of carboxylic acids is 1. The van der Waals surface area contributed by atoms with E-state index in [1.54, 1.807) is 19.1 Å². The van der Waals surface area contributed by atoms with Crippen molar-refractivity contribution in [1.82, 2.24) is 5.32 Å². The summed E-state index contributed by atoms with van der Waals surface area (Å²) in [4.78, 5) is 23.0. The van der Waals surface area contributed by atoms with Crippen molar-refractivity contribution in [2.75, 3.05) is 6.61 Å². The lowest BCUT2D eigenvalue weighted by Crippen LogP contribution is -2.41. The molecule has 2 rings (SSSR count). The molecule has 1 amide bonds. The van der Waals surface area contributed by atoms with Crippen LogP contribution in [-0.2, 0) is 4.79 Å². The normalized spacial score (nSPS) is 12.3. The van der Waals surface area contributed by atoms with Crippen molar-refractivity contribution in [2.24, 2.45) is 0 Å². The molecule has 0 aliphatic heterocycles. The second-order valence-corrected chi connectivity index (χ2v) is 4.43. The Morgan fingerprint density at radius 1 is 1.35 bits per heavy atom. The van der Waals surface area contributed by atoms with Gasteiger partial charge in [-0.15, -0.1) is 0 Å². The number of carboxylic acid groups (broad SMARTS) is 1. The van der Waals surface area contributed by atoms with Crippen molar-refractivity contribution in [1.29, 1.82) is 0 Å². The molecule has 1 aromatic carbocycles. The van der Waals surface area contributed by atoms with Gasteiger partial charge < -0.3 is 19.9 Å². The number of carbonyl (C=O) groups is 2. The van der Waals surface area contributed by atoms with E-state index in [-0.39, 0.29) is 18.8 Å². The molecule has 0 saturated heterocycles. The summed E-state index contributed by atoms with van der Waals surface area (Å²) in [5.74, 6) is -1.70. The molecule has 6 heteroatoms. The van der Waals surface area contributed by atoms with Crippen molar-refractivity contribution in [3.63, 3.8) is 0 Å². The number of aryl methyl sites for hydroxylation is 1. The zero-order chi connectivity index (χ0) is 14.7. The van der Waals surface area contributed by atoms with Gasteiger partial charge in [0.2, 0.25) is 0 Å². The van der Waals surface area contributed by atoms with Gasteiger partial charge in [0, 0.05) is 24.0 Å². The van der Waals surface area contributed by atoms with E-state index in [4.69, 9.17) is 14.6 Å². The Hall–Kier alpha value is -2.34. The molecule has 0 bridgehead atoms. The first kappa shape index (κ1) is 14.1. The van der Waals surface area contributed by atoms with Crippen LogP contribution in [0.1, 0.15) is 22.5 Å². The molecule has 0 aliphatic carbocycles. The molecule has 0 fully saturated rings. The van der Waals surface area contributed by atoms with Gasteiger partial charge in [-0.25, -0.2) is 4.79 Å². The van der Waals surface area contributed by atoms with Crippen LogP contribution in [0.3, 0.4) is 0 Å². The molecular weight excluding hydrogens is 262 g/mol. The van der Waals surface area contributed by atoms with Crippen molar-refractivity contribution >= 4 is 22.8 Å². The van der Waals surface area contributed by atoms with Crippen molar-refractivity contribution in [3.05, 3.63) is 35.6 Å². The Balaban J connectivity index is 2.27. The lowest BCUT2D eigenvalue weighted by Gasteiger charge is -2.12. The lowest BCUT2D eigenvalue weighted by atomic mass is 10.1. The number of nitrogens with one attached hydrogen (secondary N) is 1. The van der Waals surface area contributed by atoms with Gasteiger partial charge >= 0.3 is 5.97 Å². The fraction of sp³-hybridized carbons (Fsp3) is 0.286. The number of benzene rings is 1. The first-order valence-corrected chi connectivity index (χ1v) is 6.17. The third-order valence-electron chi connectivity index (χ3n) is 3.07. The largest absolute Gasteiger partial charge is 0.480 e. The highest BCUT2D eigenvalue weighted by atomic mass is 16.4. The molecule has 1 aromatic heterocycles. The second-order valence-electron chi connectivity index (χ2n) is 4.43. The smallest absolute Gasteiger partial charge is 0.326 e. The maximum atomic E-state index is 12.1. The molecule has 0 radical (unpaired) electrons. The van der Waals surface area contributed by atoms with Crippen LogP contribution in [0.2, 0.25) is 0 Å². The third-order valence-corrected chi connectivity index (χ3v) is 3.07. The number of hydrogen-bond acceptors (Lipinski definition) is 4. The molecule has 0 aliphatic rings. The average Bonchev–Trinajstić information content (AvgIpc) is 2.76. The lowest BCUT2D eigenvalue weighted by molar-refractivity contribution is -0.139. The standard InChI is InChI=1S/C14H15NO5/c1-8-9-4-2-3-5-11(9)20-12(8)13(17)15-10(6-7-16)14(18)19/h2-5,10,16H,6-7H2,1H3,(H,15,17)(H,18,19). The summed E-state index contributed by atoms with van der Waals surface area (Å²) >= 11 is 0. The first-order chi connectivity index (χ1) is 9.54. The van der Waals surface area contributed by atoms with Gasteiger partial charge in [-0.2, -0.15) is 0 Å². The zero-order valence-corrected chi connectivity index (χ0v) is 10.9. The van der Waals surface area contributed by atoms with Gasteiger partial charge in [0.05, 0.1) is 0 Å². The Bertz CT molecular complexity index is 646. The Morgan fingerprint density at radius 2 is 2.05 bits per heavy atom. The number of amides is 1. The van der Waals surface area contributed by atoms with Crippen LogP contribution < -0.4 is 5.32 Å². The molecule has 6 nitrogen and oxygen atoms in total. The van der Waals surface area contributed by atoms with E-state index < -0.39 is 17.9 Å². The summed E-state index contributed by atoms with van der Waals surface area (Å²) in [5, 5.41) is 20.9. The minimum Gasteiger partial charge on any atom is -0.480 e. The van der Waals surface area contributed by atoms with Crippen molar-refractivity contribution in [3.8, 4) is 0 Å². The number of hydrogen-bond donors (Lipinski definition) is 3.